The van der Waals surface area contributed by atoms with E-state index in [0.717, 1.165) is 6.42 Å². The van der Waals surface area contributed by atoms with Crippen LogP contribution in [0, 0.1) is 6.92 Å². The smallest absolute Gasteiger partial charge is 0.0222 e. The average Bonchev–Trinajstić information content (AvgIpc) is 2.09. The molecule has 0 spiro atoms. The van der Waals surface area contributed by atoms with Crippen molar-refractivity contribution < 1.29 is 0 Å². The van der Waals surface area contributed by atoms with E-state index >= 15 is 0 Å². The highest BCUT2D eigenvalue weighted by Gasteiger charge is 1.99. The zero-order valence-corrected chi connectivity index (χ0v) is 7.67. The van der Waals surface area contributed by atoms with Crippen LogP contribution >= 0.6 is 0 Å². The highest BCUT2D eigenvalue weighted by molar-refractivity contribution is 5.21. The predicted molar refractivity (Wildman–Crippen MR) is 51.7 cm³/mol. The molecular formula is C10H16N2. The van der Waals surface area contributed by atoms with E-state index < -0.39 is 0 Å². The molecule has 0 bridgehead atoms. The number of hydrogen-bond acceptors (Lipinski definition) is 2. The fourth-order valence-electron chi connectivity index (χ4n) is 1.14. The molecule has 0 heterocycles. The fraction of sp³-hybridized carbons (Fsp3) is 0.400. The lowest BCUT2D eigenvalue weighted by molar-refractivity contribution is 0.568. The van der Waals surface area contributed by atoms with Crippen LogP contribution in [0.3, 0.4) is 0 Å². The molecule has 0 saturated heterocycles. The minimum Gasteiger partial charge on any atom is -0.271 e. The molecule has 3 N–H and O–H groups in total. The van der Waals surface area contributed by atoms with Gasteiger partial charge in [0.2, 0.25) is 0 Å². The molecule has 0 saturated carbocycles. The van der Waals surface area contributed by atoms with Gasteiger partial charge in [0, 0.05) is 6.04 Å². The van der Waals surface area contributed by atoms with Gasteiger partial charge in [-0.3, -0.25) is 11.3 Å². The Morgan fingerprint density at radius 3 is 2.42 bits per heavy atom. The van der Waals surface area contributed by atoms with Crippen molar-refractivity contribution in [1.82, 2.24) is 5.43 Å². The predicted octanol–water partition coefficient (Wildman–Crippen LogP) is 1.39. The second-order valence-electron chi connectivity index (χ2n) is 3.26. The van der Waals surface area contributed by atoms with Gasteiger partial charge in [-0.1, -0.05) is 29.8 Å². The van der Waals surface area contributed by atoms with Crippen molar-refractivity contribution in [2.75, 3.05) is 0 Å². The van der Waals surface area contributed by atoms with Gasteiger partial charge < -0.3 is 0 Å². The van der Waals surface area contributed by atoms with Gasteiger partial charge in [0.25, 0.3) is 0 Å². The second-order valence-corrected chi connectivity index (χ2v) is 3.26. The molecule has 0 aliphatic rings. The quantitative estimate of drug-likeness (QED) is 0.523. The normalized spacial score (nSPS) is 12.9. The van der Waals surface area contributed by atoms with E-state index in [-0.39, 0.29) is 0 Å². The number of nitrogens with one attached hydrogen (secondary N) is 1. The fourth-order valence-corrected chi connectivity index (χ4v) is 1.14. The van der Waals surface area contributed by atoms with Gasteiger partial charge in [0.15, 0.2) is 0 Å². The van der Waals surface area contributed by atoms with E-state index in [1.54, 1.807) is 0 Å². The molecule has 0 aromatic heterocycles. The van der Waals surface area contributed by atoms with Crippen molar-refractivity contribution in [3.63, 3.8) is 0 Å². The summed E-state index contributed by atoms with van der Waals surface area (Å²) in [6.07, 6.45) is 0.983. The molecule has 2 nitrogen and oxygen atoms in total. The van der Waals surface area contributed by atoms with E-state index in [9.17, 15) is 0 Å². The molecule has 2 heteroatoms. The molecule has 1 unspecified atom stereocenters. The summed E-state index contributed by atoms with van der Waals surface area (Å²) in [4.78, 5) is 0. The Labute approximate surface area is 73.8 Å². The first-order valence-electron chi connectivity index (χ1n) is 4.24. The Bertz CT molecular complexity index is 228. The topological polar surface area (TPSA) is 38.0 Å². The van der Waals surface area contributed by atoms with Gasteiger partial charge in [0.05, 0.1) is 0 Å². The monoisotopic (exact) mass is 164 g/mol. The molecule has 12 heavy (non-hydrogen) atoms. The van der Waals surface area contributed by atoms with Crippen LogP contribution < -0.4 is 11.3 Å². The highest BCUT2D eigenvalue weighted by Crippen LogP contribution is 2.05. The van der Waals surface area contributed by atoms with Gasteiger partial charge in [-0.05, 0) is 25.8 Å². The van der Waals surface area contributed by atoms with Crippen LogP contribution in [0.4, 0.5) is 0 Å². The summed E-state index contributed by atoms with van der Waals surface area (Å²) in [6, 6.07) is 8.87. The molecule has 1 aromatic rings. The van der Waals surface area contributed by atoms with Crippen molar-refractivity contribution in [3.8, 4) is 0 Å². The molecule has 0 fully saturated rings. The second kappa shape index (κ2) is 4.24. The van der Waals surface area contributed by atoms with Crippen LogP contribution in [0.2, 0.25) is 0 Å². The van der Waals surface area contributed by atoms with Gasteiger partial charge in [-0.2, -0.15) is 0 Å². The minimum absolute atomic E-state index is 0.340. The number of hydrogen-bond donors (Lipinski definition) is 2. The van der Waals surface area contributed by atoms with E-state index in [1.165, 1.54) is 11.1 Å². The number of rotatable bonds is 3. The lowest BCUT2D eigenvalue weighted by Gasteiger charge is -2.09. The van der Waals surface area contributed by atoms with Crippen LogP contribution in [0.15, 0.2) is 24.3 Å². The van der Waals surface area contributed by atoms with Gasteiger partial charge in [0.1, 0.15) is 0 Å². The van der Waals surface area contributed by atoms with Crippen molar-refractivity contribution in [2.45, 2.75) is 26.3 Å². The van der Waals surface area contributed by atoms with Crippen LogP contribution in [0.1, 0.15) is 18.1 Å². The van der Waals surface area contributed by atoms with Gasteiger partial charge in [-0.25, -0.2) is 0 Å². The molecule has 66 valence electrons. The van der Waals surface area contributed by atoms with Crippen LogP contribution in [-0.4, -0.2) is 6.04 Å². The number of aryl methyl sites for hydroxylation is 1. The maximum atomic E-state index is 5.30. The first-order chi connectivity index (χ1) is 5.72. The third-order valence-electron chi connectivity index (χ3n) is 1.95. The highest BCUT2D eigenvalue weighted by atomic mass is 15.2. The molecule has 0 radical (unpaired) electrons. The van der Waals surface area contributed by atoms with Gasteiger partial charge in [-0.15, -0.1) is 0 Å². The lowest BCUT2D eigenvalue weighted by Crippen LogP contribution is -2.33. The van der Waals surface area contributed by atoms with Gasteiger partial charge >= 0.3 is 0 Å². The van der Waals surface area contributed by atoms with Crippen LogP contribution in [0.25, 0.3) is 0 Å². The molecule has 0 aliphatic carbocycles. The summed E-state index contributed by atoms with van der Waals surface area (Å²) < 4.78 is 0. The zero-order chi connectivity index (χ0) is 8.97. The van der Waals surface area contributed by atoms with Crippen molar-refractivity contribution in [2.24, 2.45) is 5.84 Å². The molecular weight excluding hydrogens is 148 g/mol. The Morgan fingerprint density at radius 2 is 1.92 bits per heavy atom. The van der Waals surface area contributed by atoms with Crippen LogP contribution in [-0.2, 0) is 6.42 Å². The van der Waals surface area contributed by atoms with Crippen molar-refractivity contribution >= 4 is 0 Å². The van der Waals surface area contributed by atoms with E-state index in [1.807, 2.05) is 0 Å². The number of hydrazine groups is 1. The maximum Gasteiger partial charge on any atom is 0.0222 e. The summed E-state index contributed by atoms with van der Waals surface area (Å²) in [6.45, 7) is 4.16. The summed E-state index contributed by atoms with van der Waals surface area (Å²) in [5.41, 5.74) is 5.35. The molecule has 1 rings (SSSR count). The standard InChI is InChI=1S/C10H16N2/c1-8-3-5-10(6-4-8)7-9(2)12-11/h3-6,9,12H,7,11H2,1-2H3. The summed E-state index contributed by atoms with van der Waals surface area (Å²) in [7, 11) is 0. The zero-order valence-electron chi connectivity index (χ0n) is 7.67. The van der Waals surface area contributed by atoms with E-state index in [0.29, 0.717) is 6.04 Å². The summed E-state index contributed by atoms with van der Waals surface area (Å²) >= 11 is 0. The summed E-state index contributed by atoms with van der Waals surface area (Å²) in [5, 5.41) is 0. The molecule has 1 atom stereocenters. The number of benzene rings is 1. The minimum atomic E-state index is 0.340. The van der Waals surface area contributed by atoms with E-state index in [4.69, 9.17) is 5.84 Å². The lowest BCUT2D eigenvalue weighted by atomic mass is 10.1. The van der Waals surface area contributed by atoms with E-state index in [2.05, 4.69) is 43.5 Å². The van der Waals surface area contributed by atoms with Crippen molar-refractivity contribution in [3.05, 3.63) is 35.4 Å². The third kappa shape index (κ3) is 2.64. The van der Waals surface area contributed by atoms with Crippen LogP contribution in [0.5, 0.6) is 0 Å². The largest absolute Gasteiger partial charge is 0.271 e. The number of nitrogens with two attached hydrogens (primary N) is 1. The Hall–Kier alpha value is -0.860. The summed E-state index contributed by atoms with van der Waals surface area (Å²) in [5.74, 6) is 5.30. The Kier molecular flexibility index (Phi) is 3.26. The first kappa shape index (κ1) is 9.23. The Morgan fingerprint density at radius 1 is 1.33 bits per heavy atom. The van der Waals surface area contributed by atoms with Crippen molar-refractivity contribution in [1.29, 1.82) is 0 Å². The molecule has 1 aromatic carbocycles. The first-order valence-corrected chi connectivity index (χ1v) is 4.24. The molecule has 0 aliphatic heterocycles. The maximum absolute atomic E-state index is 5.30. The SMILES string of the molecule is Cc1ccc(CC(C)NN)cc1. The average molecular weight is 164 g/mol. The molecule has 0 amide bonds. The third-order valence-corrected chi connectivity index (χ3v) is 1.95. The Balaban J connectivity index is 2.58.